The Balaban J connectivity index is 2.00. The van der Waals surface area contributed by atoms with E-state index in [0.29, 0.717) is 17.7 Å². The maximum absolute atomic E-state index is 9.75. The first-order valence-electron chi connectivity index (χ1n) is 6.29. The van der Waals surface area contributed by atoms with Crippen LogP contribution in [0.2, 0.25) is 0 Å². The molecule has 5 N–H and O–H groups in total. The average Bonchev–Trinajstić information content (AvgIpc) is 2.46. The second kappa shape index (κ2) is 6.43. The van der Waals surface area contributed by atoms with Crippen LogP contribution in [0.25, 0.3) is 6.08 Å². The highest BCUT2D eigenvalue weighted by molar-refractivity contribution is 5.95. The van der Waals surface area contributed by atoms with E-state index in [-0.39, 0.29) is 11.6 Å². The largest absolute Gasteiger partial charge is 0.507 e. The molecule has 4 heteroatoms. The lowest BCUT2D eigenvalue weighted by atomic mass is 10.1. The number of rotatable bonds is 5. The van der Waals surface area contributed by atoms with Crippen LogP contribution in [0.1, 0.15) is 11.1 Å². The van der Waals surface area contributed by atoms with Crippen LogP contribution >= 0.6 is 0 Å². The summed E-state index contributed by atoms with van der Waals surface area (Å²) < 4.78 is 0. The molecule has 0 atom stereocenters. The molecule has 0 aliphatic carbocycles. The number of hydrogen-bond donors (Lipinski definition) is 4. The van der Waals surface area contributed by atoms with Gasteiger partial charge in [0.2, 0.25) is 0 Å². The SMILES string of the molecule is N=C(N)c1ccc(O)c(/C=C/CNc2ccccc2)c1. The van der Waals surface area contributed by atoms with E-state index in [1.165, 1.54) is 0 Å². The highest BCUT2D eigenvalue weighted by Gasteiger charge is 2.01. The van der Waals surface area contributed by atoms with Crippen molar-refractivity contribution in [3.8, 4) is 5.75 Å². The Morgan fingerprint density at radius 1 is 1.20 bits per heavy atom. The third-order valence-corrected chi connectivity index (χ3v) is 2.83. The minimum atomic E-state index is -0.0120. The molecule has 0 fully saturated rings. The van der Waals surface area contributed by atoms with Crippen LogP contribution in [-0.4, -0.2) is 17.5 Å². The molecule has 102 valence electrons. The van der Waals surface area contributed by atoms with Gasteiger partial charge in [0.05, 0.1) is 0 Å². The van der Waals surface area contributed by atoms with Crippen molar-refractivity contribution in [2.24, 2.45) is 5.73 Å². The molecule has 0 saturated heterocycles. The standard InChI is InChI=1S/C16H17N3O/c17-16(18)13-8-9-15(20)12(11-13)5-4-10-19-14-6-2-1-3-7-14/h1-9,11,19-20H,10H2,(H3,17,18)/b5-4+. The van der Waals surface area contributed by atoms with E-state index in [1.807, 2.05) is 36.4 Å². The van der Waals surface area contributed by atoms with Gasteiger partial charge in [0.1, 0.15) is 11.6 Å². The van der Waals surface area contributed by atoms with Gasteiger partial charge in [0.15, 0.2) is 0 Å². The second-order valence-electron chi connectivity index (χ2n) is 4.34. The normalized spacial score (nSPS) is 10.6. The summed E-state index contributed by atoms with van der Waals surface area (Å²) in [6.45, 7) is 0.647. The Kier molecular flexibility index (Phi) is 4.39. The molecule has 0 aliphatic heterocycles. The molecule has 0 bridgehead atoms. The van der Waals surface area contributed by atoms with Crippen molar-refractivity contribution in [2.45, 2.75) is 0 Å². The lowest BCUT2D eigenvalue weighted by Crippen LogP contribution is -2.10. The van der Waals surface area contributed by atoms with Gasteiger partial charge in [0.25, 0.3) is 0 Å². The number of nitrogens with two attached hydrogens (primary N) is 1. The fourth-order valence-electron chi connectivity index (χ4n) is 1.77. The van der Waals surface area contributed by atoms with E-state index in [1.54, 1.807) is 24.3 Å². The molecule has 0 amide bonds. The first kappa shape index (κ1) is 13.7. The summed E-state index contributed by atoms with van der Waals surface area (Å²) in [5.74, 6) is 0.160. The first-order valence-corrected chi connectivity index (χ1v) is 6.29. The molecule has 0 saturated carbocycles. The van der Waals surface area contributed by atoms with E-state index in [4.69, 9.17) is 11.1 Å². The van der Waals surface area contributed by atoms with Gasteiger partial charge in [-0.3, -0.25) is 5.41 Å². The van der Waals surface area contributed by atoms with Crippen LogP contribution in [0.15, 0.2) is 54.6 Å². The van der Waals surface area contributed by atoms with E-state index < -0.39 is 0 Å². The molecule has 0 radical (unpaired) electrons. The molecule has 0 aliphatic rings. The van der Waals surface area contributed by atoms with Crippen LogP contribution < -0.4 is 11.1 Å². The Labute approximate surface area is 118 Å². The topological polar surface area (TPSA) is 82.1 Å². The maximum atomic E-state index is 9.75. The van der Waals surface area contributed by atoms with Crippen LogP contribution in [-0.2, 0) is 0 Å². The quantitative estimate of drug-likeness (QED) is 0.496. The van der Waals surface area contributed by atoms with Crippen LogP contribution in [0.5, 0.6) is 5.75 Å². The number of hydrogen-bond acceptors (Lipinski definition) is 3. The second-order valence-corrected chi connectivity index (χ2v) is 4.34. The van der Waals surface area contributed by atoms with E-state index in [0.717, 1.165) is 5.69 Å². The smallest absolute Gasteiger partial charge is 0.122 e. The summed E-state index contributed by atoms with van der Waals surface area (Å²) in [6.07, 6.45) is 3.71. The lowest BCUT2D eigenvalue weighted by Gasteiger charge is -2.04. The van der Waals surface area contributed by atoms with Gasteiger partial charge in [-0.05, 0) is 30.3 Å². The van der Waals surface area contributed by atoms with Crippen molar-refractivity contribution in [3.63, 3.8) is 0 Å². The number of benzene rings is 2. The Hall–Kier alpha value is -2.75. The highest BCUT2D eigenvalue weighted by atomic mass is 16.3. The van der Waals surface area contributed by atoms with Crippen molar-refractivity contribution in [3.05, 3.63) is 65.7 Å². The first-order chi connectivity index (χ1) is 9.66. The molecular formula is C16H17N3O. The van der Waals surface area contributed by atoms with E-state index >= 15 is 0 Å². The zero-order valence-corrected chi connectivity index (χ0v) is 11.0. The summed E-state index contributed by atoms with van der Waals surface area (Å²) in [4.78, 5) is 0. The van der Waals surface area contributed by atoms with Crippen molar-refractivity contribution in [2.75, 3.05) is 11.9 Å². The number of para-hydroxylation sites is 1. The Morgan fingerprint density at radius 2 is 1.95 bits per heavy atom. The minimum Gasteiger partial charge on any atom is -0.507 e. The number of amidine groups is 1. The molecule has 0 heterocycles. The summed E-state index contributed by atoms with van der Waals surface area (Å²) >= 11 is 0. The van der Waals surface area contributed by atoms with Crippen LogP contribution in [0.4, 0.5) is 5.69 Å². The van der Waals surface area contributed by atoms with Crippen molar-refractivity contribution in [1.29, 1.82) is 5.41 Å². The summed E-state index contributed by atoms with van der Waals surface area (Å²) in [6, 6.07) is 14.7. The van der Waals surface area contributed by atoms with E-state index in [9.17, 15) is 5.11 Å². The van der Waals surface area contributed by atoms with Crippen molar-refractivity contribution < 1.29 is 5.11 Å². The van der Waals surface area contributed by atoms with Gasteiger partial charge in [-0.1, -0.05) is 30.4 Å². The minimum absolute atomic E-state index is 0.0120. The van der Waals surface area contributed by atoms with Gasteiger partial charge in [0, 0.05) is 23.4 Å². The third-order valence-electron chi connectivity index (χ3n) is 2.83. The predicted octanol–water partition coefficient (Wildman–Crippen LogP) is 2.80. The fourth-order valence-corrected chi connectivity index (χ4v) is 1.77. The number of phenolic OH excluding ortho intramolecular Hbond substituents is 1. The molecule has 2 aromatic rings. The van der Waals surface area contributed by atoms with Gasteiger partial charge >= 0.3 is 0 Å². The highest BCUT2D eigenvalue weighted by Crippen LogP contribution is 2.19. The number of anilines is 1. The predicted molar refractivity (Wildman–Crippen MR) is 83.1 cm³/mol. The molecular weight excluding hydrogens is 250 g/mol. The number of nitrogen functional groups attached to an aromatic ring is 1. The zero-order valence-electron chi connectivity index (χ0n) is 11.0. The molecule has 2 rings (SSSR count). The monoisotopic (exact) mass is 267 g/mol. The third kappa shape index (κ3) is 3.62. The molecule has 0 spiro atoms. The maximum Gasteiger partial charge on any atom is 0.122 e. The fraction of sp³-hybridized carbons (Fsp3) is 0.0625. The summed E-state index contributed by atoms with van der Waals surface area (Å²) in [5, 5.41) is 20.4. The Bertz CT molecular complexity index is 621. The van der Waals surface area contributed by atoms with Gasteiger partial charge in [-0.25, -0.2) is 0 Å². The molecule has 0 aromatic heterocycles. The molecule has 20 heavy (non-hydrogen) atoms. The van der Waals surface area contributed by atoms with Crippen LogP contribution in [0.3, 0.4) is 0 Å². The summed E-state index contributed by atoms with van der Waals surface area (Å²) in [7, 11) is 0. The molecule has 4 nitrogen and oxygen atoms in total. The number of nitrogens with one attached hydrogen (secondary N) is 2. The van der Waals surface area contributed by atoms with Crippen LogP contribution in [0, 0.1) is 5.41 Å². The zero-order chi connectivity index (χ0) is 14.4. The van der Waals surface area contributed by atoms with Crippen molar-refractivity contribution in [1.82, 2.24) is 0 Å². The van der Waals surface area contributed by atoms with Gasteiger partial charge in [-0.15, -0.1) is 0 Å². The van der Waals surface area contributed by atoms with Crippen molar-refractivity contribution >= 4 is 17.6 Å². The number of aromatic hydroxyl groups is 1. The summed E-state index contributed by atoms with van der Waals surface area (Å²) in [5.41, 5.74) is 7.71. The van der Waals surface area contributed by atoms with Gasteiger partial charge < -0.3 is 16.2 Å². The Morgan fingerprint density at radius 3 is 2.65 bits per heavy atom. The van der Waals surface area contributed by atoms with Gasteiger partial charge in [-0.2, -0.15) is 0 Å². The average molecular weight is 267 g/mol. The molecule has 0 unspecified atom stereocenters. The molecule has 2 aromatic carbocycles. The lowest BCUT2D eigenvalue weighted by molar-refractivity contribution is 0.474. The van der Waals surface area contributed by atoms with E-state index in [2.05, 4.69) is 5.32 Å². The number of phenols is 1.